The van der Waals surface area contributed by atoms with E-state index in [1.54, 1.807) is 24.4 Å². The van der Waals surface area contributed by atoms with Gasteiger partial charge in [0.2, 0.25) is 0 Å². The molecule has 0 aliphatic heterocycles. The lowest BCUT2D eigenvalue weighted by Crippen LogP contribution is -2.05. The van der Waals surface area contributed by atoms with Gasteiger partial charge in [-0.3, -0.25) is 0 Å². The van der Waals surface area contributed by atoms with Gasteiger partial charge in [0.15, 0.2) is 0 Å². The van der Waals surface area contributed by atoms with Crippen molar-refractivity contribution in [3.8, 4) is 0 Å². The van der Waals surface area contributed by atoms with Crippen molar-refractivity contribution < 1.29 is 4.39 Å². The van der Waals surface area contributed by atoms with E-state index in [2.05, 4.69) is 32.9 Å². The van der Waals surface area contributed by atoms with E-state index >= 15 is 0 Å². The van der Waals surface area contributed by atoms with Crippen LogP contribution in [0, 0.1) is 9.39 Å². The average molecular weight is 343 g/mol. The zero-order chi connectivity index (χ0) is 12.3. The number of nitrogen functional groups attached to an aromatic ring is 1. The van der Waals surface area contributed by atoms with Crippen LogP contribution in [0.15, 0.2) is 36.5 Å². The number of halogens is 2. The highest BCUT2D eigenvalue weighted by atomic mass is 127. The fraction of sp³-hybridized carbons (Fsp3) is 0.0833. The Labute approximate surface area is 112 Å². The smallest absolute Gasteiger partial charge is 0.146 e. The summed E-state index contributed by atoms with van der Waals surface area (Å²) in [6.07, 6.45) is 1.68. The Morgan fingerprint density at radius 3 is 2.88 bits per heavy atom. The molecule has 1 aromatic carbocycles. The lowest BCUT2D eigenvalue weighted by Gasteiger charge is -2.09. The van der Waals surface area contributed by atoms with E-state index in [1.165, 1.54) is 6.07 Å². The van der Waals surface area contributed by atoms with E-state index in [0.717, 1.165) is 9.26 Å². The number of nitrogens with one attached hydrogen (secondary N) is 1. The van der Waals surface area contributed by atoms with Gasteiger partial charge in [0.05, 0.1) is 5.69 Å². The van der Waals surface area contributed by atoms with Crippen molar-refractivity contribution in [2.75, 3.05) is 11.1 Å². The first-order valence-corrected chi connectivity index (χ1v) is 6.13. The molecular weight excluding hydrogens is 332 g/mol. The lowest BCUT2D eigenvalue weighted by molar-refractivity contribution is 0.613. The number of pyridine rings is 1. The molecule has 2 aromatic rings. The molecule has 0 saturated carbocycles. The number of hydrogen-bond acceptors (Lipinski definition) is 3. The summed E-state index contributed by atoms with van der Waals surface area (Å²) >= 11 is 2.15. The van der Waals surface area contributed by atoms with Gasteiger partial charge >= 0.3 is 0 Å². The minimum atomic E-state index is -0.225. The lowest BCUT2D eigenvalue weighted by atomic mass is 10.2. The number of rotatable bonds is 3. The molecule has 0 unspecified atom stereocenters. The van der Waals surface area contributed by atoms with E-state index in [4.69, 9.17) is 5.73 Å². The summed E-state index contributed by atoms with van der Waals surface area (Å²) in [4.78, 5) is 4.03. The first-order valence-electron chi connectivity index (χ1n) is 5.05. The van der Waals surface area contributed by atoms with Crippen molar-refractivity contribution in [1.29, 1.82) is 0 Å². The van der Waals surface area contributed by atoms with E-state index in [9.17, 15) is 4.39 Å². The Morgan fingerprint density at radius 1 is 1.35 bits per heavy atom. The van der Waals surface area contributed by atoms with Gasteiger partial charge in [-0.2, -0.15) is 0 Å². The van der Waals surface area contributed by atoms with Crippen LogP contribution in [0.5, 0.6) is 0 Å². The van der Waals surface area contributed by atoms with Crippen LogP contribution in [0.25, 0.3) is 0 Å². The molecule has 0 amide bonds. The molecule has 0 aliphatic carbocycles. The fourth-order valence-corrected chi connectivity index (χ4v) is 1.87. The molecule has 1 heterocycles. The van der Waals surface area contributed by atoms with Gasteiger partial charge < -0.3 is 11.1 Å². The maximum atomic E-state index is 13.4. The maximum Gasteiger partial charge on any atom is 0.146 e. The minimum Gasteiger partial charge on any atom is -0.382 e. The topological polar surface area (TPSA) is 50.9 Å². The Bertz CT molecular complexity index is 531. The Kier molecular flexibility index (Phi) is 3.78. The first-order chi connectivity index (χ1) is 8.16. The number of hydrogen-bond donors (Lipinski definition) is 2. The van der Waals surface area contributed by atoms with Crippen LogP contribution in [0.1, 0.15) is 5.56 Å². The van der Waals surface area contributed by atoms with Gasteiger partial charge in [-0.05, 0) is 34.7 Å². The number of aromatic nitrogens is 1. The third kappa shape index (κ3) is 3.06. The van der Waals surface area contributed by atoms with Crippen LogP contribution in [0.3, 0.4) is 0 Å². The van der Waals surface area contributed by atoms with Gasteiger partial charge in [-0.1, -0.05) is 18.2 Å². The highest BCUT2D eigenvalue weighted by Gasteiger charge is 2.03. The number of anilines is 2. The summed E-state index contributed by atoms with van der Waals surface area (Å²) in [6.45, 7) is 0.388. The highest BCUT2D eigenvalue weighted by molar-refractivity contribution is 14.1. The van der Waals surface area contributed by atoms with Crippen molar-refractivity contribution in [3.05, 3.63) is 51.5 Å². The summed E-state index contributed by atoms with van der Waals surface area (Å²) in [5, 5.41) is 3.08. The maximum absolute atomic E-state index is 13.4. The molecule has 17 heavy (non-hydrogen) atoms. The number of nitrogens with two attached hydrogens (primary N) is 1. The monoisotopic (exact) mass is 343 g/mol. The molecule has 0 saturated heterocycles. The van der Waals surface area contributed by atoms with Gasteiger partial charge in [0.25, 0.3) is 0 Å². The SMILES string of the molecule is Nc1ncc(I)cc1NCc1ccccc1F. The third-order valence-electron chi connectivity index (χ3n) is 2.31. The van der Waals surface area contributed by atoms with Gasteiger partial charge in [-0.25, -0.2) is 9.37 Å². The fourth-order valence-electron chi connectivity index (χ4n) is 1.42. The largest absolute Gasteiger partial charge is 0.382 e. The van der Waals surface area contributed by atoms with Crippen molar-refractivity contribution in [2.24, 2.45) is 0 Å². The standard InChI is InChI=1S/C12H11FIN3/c13-10-4-2-1-3-8(10)6-16-11-5-9(14)7-17-12(11)15/h1-5,7,16H,6H2,(H2,15,17). The quantitative estimate of drug-likeness (QED) is 0.843. The zero-order valence-corrected chi connectivity index (χ0v) is 11.1. The van der Waals surface area contributed by atoms with Crippen LogP contribution in [0.2, 0.25) is 0 Å². The predicted octanol–water partition coefficient (Wildman–Crippen LogP) is 3.02. The van der Waals surface area contributed by atoms with Crippen molar-refractivity contribution in [1.82, 2.24) is 4.98 Å². The van der Waals surface area contributed by atoms with E-state index in [-0.39, 0.29) is 5.82 Å². The molecule has 0 radical (unpaired) electrons. The van der Waals surface area contributed by atoms with Crippen molar-refractivity contribution in [2.45, 2.75) is 6.54 Å². The molecule has 0 atom stereocenters. The third-order valence-corrected chi connectivity index (χ3v) is 2.90. The van der Waals surface area contributed by atoms with Crippen LogP contribution in [-0.2, 0) is 6.54 Å². The first kappa shape index (κ1) is 12.1. The molecule has 0 bridgehead atoms. The number of benzene rings is 1. The normalized spacial score (nSPS) is 10.2. The van der Waals surface area contributed by atoms with Gasteiger partial charge in [0.1, 0.15) is 11.6 Å². The molecule has 0 spiro atoms. The summed E-state index contributed by atoms with van der Waals surface area (Å²) in [5.74, 6) is 0.193. The van der Waals surface area contributed by atoms with Crippen LogP contribution in [0.4, 0.5) is 15.9 Å². The zero-order valence-electron chi connectivity index (χ0n) is 8.95. The molecule has 2 rings (SSSR count). The second kappa shape index (κ2) is 5.31. The van der Waals surface area contributed by atoms with Crippen LogP contribution < -0.4 is 11.1 Å². The van der Waals surface area contributed by atoms with Gasteiger partial charge in [0, 0.05) is 21.9 Å². The van der Waals surface area contributed by atoms with Gasteiger partial charge in [-0.15, -0.1) is 0 Å². The van der Waals surface area contributed by atoms with E-state index in [0.29, 0.717) is 17.9 Å². The summed E-state index contributed by atoms with van der Waals surface area (Å²) < 4.78 is 14.4. The van der Waals surface area contributed by atoms with Crippen molar-refractivity contribution >= 4 is 34.1 Å². The molecular formula is C12H11FIN3. The van der Waals surface area contributed by atoms with Crippen LogP contribution >= 0.6 is 22.6 Å². The average Bonchev–Trinajstić information content (AvgIpc) is 2.32. The summed E-state index contributed by atoms with van der Waals surface area (Å²) in [5.41, 5.74) is 7.05. The minimum absolute atomic E-state index is 0.225. The van der Waals surface area contributed by atoms with Crippen LogP contribution in [-0.4, -0.2) is 4.98 Å². The molecule has 1 aromatic heterocycles. The van der Waals surface area contributed by atoms with E-state index < -0.39 is 0 Å². The van der Waals surface area contributed by atoms with E-state index in [1.807, 2.05) is 6.07 Å². The Hall–Kier alpha value is -1.37. The molecule has 88 valence electrons. The molecule has 3 nitrogen and oxygen atoms in total. The molecule has 3 N–H and O–H groups in total. The molecule has 5 heteroatoms. The second-order valence-electron chi connectivity index (χ2n) is 3.53. The molecule has 0 aliphatic rings. The molecule has 0 fully saturated rings. The Balaban J connectivity index is 2.12. The number of nitrogens with zero attached hydrogens (tertiary/aromatic N) is 1. The Morgan fingerprint density at radius 2 is 2.12 bits per heavy atom. The highest BCUT2D eigenvalue weighted by Crippen LogP contribution is 2.19. The summed E-state index contributed by atoms with van der Waals surface area (Å²) in [7, 11) is 0. The van der Waals surface area contributed by atoms with Crippen molar-refractivity contribution in [3.63, 3.8) is 0 Å². The predicted molar refractivity (Wildman–Crippen MR) is 75.1 cm³/mol. The summed E-state index contributed by atoms with van der Waals surface area (Å²) in [6, 6.07) is 8.52. The second-order valence-corrected chi connectivity index (χ2v) is 4.78.